The van der Waals surface area contributed by atoms with Gasteiger partial charge in [0.1, 0.15) is 0 Å². The lowest BCUT2D eigenvalue weighted by atomic mass is 9.99. The summed E-state index contributed by atoms with van der Waals surface area (Å²) in [5, 5.41) is 0. The number of alkyl halides is 6. The molecule has 0 atom stereocenters. The van der Waals surface area contributed by atoms with E-state index in [4.69, 9.17) is 4.74 Å². The Hall–Kier alpha value is -1.21. The number of ether oxygens (including phenoxy) is 1. The molecule has 0 rings (SSSR count). The summed E-state index contributed by atoms with van der Waals surface area (Å²) in [6.07, 6.45) is -1.92. The molecule has 0 fully saturated rings. The van der Waals surface area contributed by atoms with Crippen LogP contribution in [-0.4, -0.2) is 24.9 Å². The van der Waals surface area contributed by atoms with E-state index < -0.39 is 36.2 Å². The molecule has 0 bridgehead atoms. The SMILES string of the molecule is C=C(CC(C(F)(F)F)C(F)(F)F)C(=O)OCCCCCCCCCCCC. The summed E-state index contributed by atoms with van der Waals surface area (Å²) >= 11 is 0. The van der Waals surface area contributed by atoms with Gasteiger partial charge in [0.2, 0.25) is 0 Å². The summed E-state index contributed by atoms with van der Waals surface area (Å²) in [7, 11) is 0. The van der Waals surface area contributed by atoms with Crippen LogP contribution in [-0.2, 0) is 9.53 Å². The molecule has 2 nitrogen and oxygen atoms in total. The zero-order valence-corrected chi connectivity index (χ0v) is 15.9. The first-order chi connectivity index (χ1) is 12.5. The van der Waals surface area contributed by atoms with Crippen LogP contribution in [0.4, 0.5) is 26.3 Å². The maximum absolute atomic E-state index is 12.5. The fourth-order valence-corrected chi connectivity index (χ4v) is 2.60. The van der Waals surface area contributed by atoms with E-state index >= 15 is 0 Å². The molecule has 27 heavy (non-hydrogen) atoms. The average molecular weight is 404 g/mol. The normalized spacial score (nSPS) is 12.4. The molecule has 160 valence electrons. The smallest absolute Gasteiger partial charge is 0.400 e. The van der Waals surface area contributed by atoms with Crippen LogP contribution in [0.2, 0.25) is 0 Å². The van der Waals surface area contributed by atoms with Crippen LogP contribution in [0.25, 0.3) is 0 Å². The topological polar surface area (TPSA) is 26.3 Å². The van der Waals surface area contributed by atoms with Crippen LogP contribution in [0.5, 0.6) is 0 Å². The summed E-state index contributed by atoms with van der Waals surface area (Å²) in [5.41, 5.74) is -0.818. The van der Waals surface area contributed by atoms with Crippen molar-refractivity contribution in [3.8, 4) is 0 Å². The van der Waals surface area contributed by atoms with Crippen molar-refractivity contribution in [1.82, 2.24) is 0 Å². The van der Waals surface area contributed by atoms with Gasteiger partial charge in [-0.15, -0.1) is 0 Å². The number of rotatable bonds is 14. The van der Waals surface area contributed by atoms with Crippen molar-refractivity contribution < 1.29 is 35.9 Å². The maximum Gasteiger partial charge on any atom is 0.400 e. The lowest BCUT2D eigenvalue weighted by Crippen LogP contribution is -2.37. The molecule has 0 aromatic heterocycles. The van der Waals surface area contributed by atoms with Crippen LogP contribution in [0, 0.1) is 5.92 Å². The van der Waals surface area contributed by atoms with E-state index in [2.05, 4.69) is 13.5 Å². The van der Waals surface area contributed by atoms with E-state index in [-0.39, 0.29) is 6.61 Å². The predicted octanol–water partition coefficient (Wildman–Crippen LogP) is 7.14. The van der Waals surface area contributed by atoms with Crippen molar-refractivity contribution in [2.24, 2.45) is 5.92 Å². The van der Waals surface area contributed by atoms with Crippen LogP contribution in [0.15, 0.2) is 12.2 Å². The minimum atomic E-state index is -5.49. The Morgan fingerprint density at radius 1 is 0.815 bits per heavy atom. The van der Waals surface area contributed by atoms with Crippen molar-refractivity contribution in [2.45, 2.75) is 89.9 Å². The highest BCUT2D eigenvalue weighted by molar-refractivity contribution is 5.87. The lowest BCUT2D eigenvalue weighted by molar-refractivity contribution is -0.283. The molecule has 0 aromatic carbocycles. The molecule has 0 aliphatic carbocycles. The van der Waals surface area contributed by atoms with Gasteiger partial charge >= 0.3 is 18.3 Å². The Morgan fingerprint density at radius 3 is 1.63 bits per heavy atom. The van der Waals surface area contributed by atoms with Crippen molar-refractivity contribution in [2.75, 3.05) is 6.61 Å². The third-order valence-electron chi connectivity index (χ3n) is 4.26. The molecule has 0 aliphatic rings. The second kappa shape index (κ2) is 13.0. The van der Waals surface area contributed by atoms with Crippen molar-refractivity contribution in [3.63, 3.8) is 0 Å². The van der Waals surface area contributed by atoms with Crippen LogP contribution < -0.4 is 0 Å². The number of carbonyl (C=O) groups is 1. The van der Waals surface area contributed by atoms with E-state index in [0.717, 1.165) is 25.7 Å². The molecule has 0 heterocycles. The summed E-state index contributed by atoms with van der Waals surface area (Å²) < 4.78 is 79.5. The van der Waals surface area contributed by atoms with E-state index in [9.17, 15) is 31.1 Å². The van der Waals surface area contributed by atoms with Gasteiger partial charge in [-0.05, 0) is 12.8 Å². The van der Waals surface area contributed by atoms with E-state index in [0.29, 0.717) is 6.42 Å². The third-order valence-corrected chi connectivity index (χ3v) is 4.26. The summed E-state index contributed by atoms with van der Waals surface area (Å²) in [4.78, 5) is 11.5. The first-order valence-electron chi connectivity index (χ1n) is 9.48. The molecule has 0 N–H and O–H groups in total. The molecule has 0 aliphatic heterocycles. The van der Waals surface area contributed by atoms with Crippen LogP contribution >= 0.6 is 0 Å². The molecule has 0 aromatic rings. The highest BCUT2D eigenvalue weighted by atomic mass is 19.4. The minimum Gasteiger partial charge on any atom is -0.462 e. The number of unbranched alkanes of at least 4 members (excludes halogenated alkanes) is 9. The van der Waals surface area contributed by atoms with Gasteiger partial charge in [0.25, 0.3) is 0 Å². The van der Waals surface area contributed by atoms with Gasteiger partial charge in [0.05, 0.1) is 6.61 Å². The molecule has 0 saturated carbocycles. The monoisotopic (exact) mass is 404 g/mol. The molecule has 8 heteroatoms. The van der Waals surface area contributed by atoms with Gasteiger partial charge in [-0.2, -0.15) is 26.3 Å². The lowest BCUT2D eigenvalue weighted by Gasteiger charge is -2.23. The highest BCUT2D eigenvalue weighted by Crippen LogP contribution is 2.42. The summed E-state index contributed by atoms with van der Waals surface area (Å²) in [6, 6.07) is 0. The molecule has 0 amide bonds. The van der Waals surface area contributed by atoms with E-state index in [1.54, 1.807) is 0 Å². The Labute approximate surface area is 157 Å². The average Bonchev–Trinajstić information content (AvgIpc) is 2.55. The van der Waals surface area contributed by atoms with Crippen LogP contribution in [0.3, 0.4) is 0 Å². The largest absolute Gasteiger partial charge is 0.462 e. The maximum atomic E-state index is 12.5. The van der Waals surface area contributed by atoms with Gasteiger partial charge < -0.3 is 4.74 Å². The fraction of sp³-hybridized carbons (Fsp3) is 0.842. The van der Waals surface area contributed by atoms with Gasteiger partial charge in [0.15, 0.2) is 5.92 Å². The second-order valence-electron chi connectivity index (χ2n) is 6.76. The quantitative estimate of drug-likeness (QED) is 0.133. The zero-order chi connectivity index (χ0) is 20.9. The Bertz CT molecular complexity index is 415. The number of halogens is 6. The third kappa shape index (κ3) is 12.7. The van der Waals surface area contributed by atoms with Crippen molar-refractivity contribution in [1.29, 1.82) is 0 Å². The minimum absolute atomic E-state index is 0.0307. The van der Waals surface area contributed by atoms with Gasteiger partial charge in [0, 0.05) is 5.57 Å². The first-order valence-corrected chi connectivity index (χ1v) is 9.48. The standard InChI is InChI=1S/C19H30F6O2/c1-3-4-5-6-7-8-9-10-11-12-13-27-17(26)15(2)14-16(18(20,21)22)19(23,24)25/h16H,2-14H2,1H3. The predicted molar refractivity (Wildman–Crippen MR) is 92.2 cm³/mol. The molecular formula is C19H30F6O2. The summed E-state index contributed by atoms with van der Waals surface area (Å²) in [6.45, 7) is 5.15. The van der Waals surface area contributed by atoms with Gasteiger partial charge in [-0.25, -0.2) is 4.79 Å². The Kier molecular flexibility index (Phi) is 12.5. The van der Waals surface area contributed by atoms with Crippen molar-refractivity contribution >= 4 is 5.97 Å². The Morgan fingerprint density at radius 2 is 1.22 bits per heavy atom. The molecule has 0 saturated heterocycles. The zero-order valence-electron chi connectivity index (χ0n) is 15.9. The van der Waals surface area contributed by atoms with Gasteiger partial charge in [-0.1, -0.05) is 71.3 Å². The van der Waals surface area contributed by atoms with E-state index in [1.807, 2.05) is 0 Å². The number of hydrogen-bond donors (Lipinski definition) is 0. The van der Waals surface area contributed by atoms with Crippen LogP contribution in [0.1, 0.15) is 77.6 Å². The van der Waals surface area contributed by atoms with Crippen molar-refractivity contribution in [3.05, 3.63) is 12.2 Å². The second-order valence-corrected chi connectivity index (χ2v) is 6.76. The van der Waals surface area contributed by atoms with E-state index in [1.165, 1.54) is 32.1 Å². The molecular weight excluding hydrogens is 374 g/mol. The Balaban J connectivity index is 3.91. The number of carbonyl (C=O) groups excluding carboxylic acids is 1. The molecule has 0 radical (unpaired) electrons. The number of esters is 1. The van der Waals surface area contributed by atoms with Gasteiger partial charge in [-0.3, -0.25) is 0 Å². The fourth-order valence-electron chi connectivity index (χ4n) is 2.60. The first kappa shape index (κ1) is 25.8. The molecule has 0 spiro atoms. The number of hydrogen-bond acceptors (Lipinski definition) is 2. The summed E-state index contributed by atoms with van der Waals surface area (Å²) in [5.74, 6) is -4.81. The molecule has 0 unspecified atom stereocenters. The highest BCUT2D eigenvalue weighted by Gasteiger charge is 2.56.